The SMILES string of the molecule is Cc1cnc(NCC2(N(C)C)CCCC2)cc1[N+](=O)[O-]. The fraction of sp³-hybridized carbons (Fsp3) is 0.643. The monoisotopic (exact) mass is 278 g/mol. The highest BCUT2D eigenvalue weighted by Crippen LogP contribution is 2.34. The van der Waals surface area contributed by atoms with Crippen LogP contribution in [0.4, 0.5) is 11.5 Å². The summed E-state index contributed by atoms with van der Waals surface area (Å²) in [5.41, 5.74) is 0.845. The number of anilines is 1. The second kappa shape index (κ2) is 5.75. The van der Waals surface area contributed by atoms with Crippen LogP contribution >= 0.6 is 0 Å². The summed E-state index contributed by atoms with van der Waals surface area (Å²) in [6.07, 6.45) is 6.34. The standard InChI is InChI=1S/C14H22N4O2/c1-11-9-15-13(8-12(11)18(19)20)16-10-14(17(2)3)6-4-5-7-14/h8-9H,4-7,10H2,1-3H3,(H,15,16). The molecule has 1 N–H and O–H groups in total. The first-order valence-electron chi connectivity index (χ1n) is 6.97. The van der Waals surface area contributed by atoms with Crippen LogP contribution in [0.3, 0.4) is 0 Å². The Hall–Kier alpha value is -1.69. The number of pyridine rings is 1. The van der Waals surface area contributed by atoms with Gasteiger partial charge in [-0.3, -0.25) is 10.1 Å². The van der Waals surface area contributed by atoms with Crippen molar-refractivity contribution in [2.24, 2.45) is 0 Å². The number of aromatic nitrogens is 1. The zero-order valence-electron chi connectivity index (χ0n) is 12.3. The van der Waals surface area contributed by atoms with Crippen LogP contribution in [0.5, 0.6) is 0 Å². The van der Waals surface area contributed by atoms with E-state index in [-0.39, 0.29) is 16.1 Å². The van der Waals surface area contributed by atoms with Crippen molar-refractivity contribution >= 4 is 11.5 Å². The lowest BCUT2D eigenvalue weighted by atomic mass is 9.96. The molecule has 20 heavy (non-hydrogen) atoms. The number of nitro groups is 1. The van der Waals surface area contributed by atoms with E-state index in [0.717, 1.165) is 19.4 Å². The number of aryl methyl sites for hydroxylation is 1. The number of likely N-dealkylation sites (N-methyl/N-ethyl adjacent to an activating group) is 1. The molecule has 1 aromatic heterocycles. The van der Waals surface area contributed by atoms with Crippen molar-refractivity contribution in [2.45, 2.75) is 38.1 Å². The van der Waals surface area contributed by atoms with Gasteiger partial charge < -0.3 is 10.2 Å². The molecule has 0 aliphatic heterocycles. The highest BCUT2D eigenvalue weighted by molar-refractivity contribution is 5.49. The van der Waals surface area contributed by atoms with E-state index in [2.05, 4.69) is 29.3 Å². The van der Waals surface area contributed by atoms with Crippen molar-refractivity contribution in [1.82, 2.24) is 9.88 Å². The fourth-order valence-corrected chi connectivity index (χ4v) is 2.88. The molecule has 1 aromatic rings. The topological polar surface area (TPSA) is 71.3 Å². The summed E-state index contributed by atoms with van der Waals surface area (Å²) in [5, 5.41) is 14.2. The summed E-state index contributed by atoms with van der Waals surface area (Å²) in [6, 6.07) is 1.52. The number of nitrogens with zero attached hydrogens (tertiary/aromatic N) is 3. The number of nitrogens with one attached hydrogen (secondary N) is 1. The van der Waals surface area contributed by atoms with Gasteiger partial charge in [0.25, 0.3) is 5.69 Å². The maximum absolute atomic E-state index is 10.9. The molecule has 1 aliphatic rings. The number of hydrogen-bond acceptors (Lipinski definition) is 5. The van der Waals surface area contributed by atoms with Gasteiger partial charge in [0, 0.05) is 23.8 Å². The Balaban J connectivity index is 2.10. The maximum atomic E-state index is 10.9. The van der Waals surface area contributed by atoms with Crippen molar-refractivity contribution < 1.29 is 4.92 Å². The van der Waals surface area contributed by atoms with Crippen LogP contribution in [0, 0.1) is 17.0 Å². The summed E-state index contributed by atoms with van der Waals surface area (Å²) in [5.74, 6) is 0.579. The molecule has 0 amide bonds. The van der Waals surface area contributed by atoms with Gasteiger partial charge in [0.05, 0.1) is 11.0 Å². The summed E-state index contributed by atoms with van der Waals surface area (Å²) in [7, 11) is 4.19. The average Bonchev–Trinajstić information content (AvgIpc) is 2.87. The summed E-state index contributed by atoms with van der Waals surface area (Å²) >= 11 is 0. The summed E-state index contributed by atoms with van der Waals surface area (Å²) in [6.45, 7) is 2.47. The first kappa shape index (κ1) is 14.7. The third-order valence-electron chi connectivity index (χ3n) is 4.35. The van der Waals surface area contributed by atoms with E-state index in [1.807, 2.05) is 0 Å². The van der Waals surface area contributed by atoms with E-state index in [1.165, 1.54) is 18.9 Å². The fourth-order valence-electron chi connectivity index (χ4n) is 2.88. The lowest BCUT2D eigenvalue weighted by Gasteiger charge is -2.36. The molecule has 6 heteroatoms. The number of rotatable bonds is 5. The maximum Gasteiger partial charge on any atom is 0.277 e. The molecule has 0 aromatic carbocycles. The van der Waals surface area contributed by atoms with Crippen LogP contribution in [-0.4, -0.2) is 41.0 Å². The molecule has 1 aliphatic carbocycles. The quantitative estimate of drug-likeness (QED) is 0.662. The normalized spacial score (nSPS) is 17.4. The van der Waals surface area contributed by atoms with Crippen molar-refractivity contribution in [1.29, 1.82) is 0 Å². The zero-order chi connectivity index (χ0) is 14.8. The molecule has 0 bridgehead atoms. The van der Waals surface area contributed by atoms with Crippen LogP contribution in [-0.2, 0) is 0 Å². The molecule has 0 unspecified atom stereocenters. The van der Waals surface area contributed by atoms with E-state index >= 15 is 0 Å². The van der Waals surface area contributed by atoms with Gasteiger partial charge in [0.15, 0.2) is 0 Å². The summed E-state index contributed by atoms with van der Waals surface area (Å²) < 4.78 is 0. The first-order chi connectivity index (χ1) is 9.44. The molecule has 0 spiro atoms. The Morgan fingerprint density at radius 3 is 2.65 bits per heavy atom. The Bertz CT molecular complexity index is 496. The van der Waals surface area contributed by atoms with Crippen LogP contribution in [0.1, 0.15) is 31.2 Å². The number of hydrogen-bond donors (Lipinski definition) is 1. The second-order valence-corrected chi connectivity index (χ2v) is 5.79. The van der Waals surface area contributed by atoms with Crippen LogP contribution < -0.4 is 5.32 Å². The van der Waals surface area contributed by atoms with E-state index in [0.29, 0.717) is 11.4 Å². The molecule has 6 nitrogen and oxygen atoms in total. The third kappa shape index (κ3) is 2.90. The van der Waals surface area contributed by atoms with Gasteiger partial charge in [-0.2, -0.15) is 0 Å². The molecule has 2 rings (SSSR count). The minimum absolute atomic E-state index is 0.118. The lowest BCUT2D eigenvalue weighted by Crippen LogP contribution is -2.47. The average molecular weight is 278 g/mol. The van der Waals surface area contributed by atoms with Crippen molar-refractivity contribution in [3.05, 3.63) is 27.9 Å². The molecule has 0 radical (unpaired) electrons. The molecule has 1 heterocycles. The Kier molecular flexibility index (Phi) is 4.23. The van der Waals surface area contributed by atoms with Crippen LogP contribution in [0.15, 0.2) is 12.3 Å². The third-order valence-corrected chi connectivity index (χ3v) is 4.35. The molecular formula is C14H22N4O2. The second-order valence-electron chi connectivity index (χ2n) is 5.79. The molecule has 0 saturated heterocycles. The minimum atomic E-state index is -0.362. The summed E-state index contributed by atoms with van der Waals surface area (Å²) in [4.78, 5) is 17.1. The van der Waals surface area contributed by atoms with Gasteiger partial charge in [0.2, 0.25) is 0 Å². The minimum Gasteiger partial charge on any atom is -0.368 e. The molecule has 0 atom stereocenters. The van der Waals surface area contributed by atoms with Crippen molar-refractivity contribution in [3.8, 4) is 0 Å². The molecule has 110 valence electrons. The molecule has 1 fully saturated rings. The van der Waals surface area contributed by atoms with Gasteiger partial charge in [-0.15, -0.1) is 0 Å². The van der Waals surface area contributed by atoms with E-state index in [9.17, 15) is 10.1 Å². The zero-order valence-corrected chi connectivity index (χ0v) is 12.3. The first-order valence-corrected chi connectivity index (χ1v) is 6.97. The van der Waals surface area contributed by atoms with Crippen molar-refractivity contribution in [2.75, 3.05) is 26.0 Å². The van der Waals surface area contributed by atoms with E-state index in [1.54, 1.807) is 13.1 Å². The predicted molar refractivity (Wildman–Crippen MR) is 79.0 cm³/mol. The van der Waals surface area contributed by atoms with Gasteiger partial charge in [-0.05, 0) is 33.9 Å². The Labute approximate surface area is 119 Å². The Morgan fingerprint density at radius 2 is 2.10 bits per heavy atom. The van der Waals surface area contributed by atoms with Crippen LogP contribution in [0.25, 0.3) is 0 Å². The van der Waals surface area contributed by atoms with Crippen molar-refractivity contribution in [3.63, 3.8) is 0 Å². The largest absolute Gasteiger partial charge is 0.368 e. The van der Waals surface area contributed by atoms with Gasteiger partial charge in [-0.1, -0.05) is 12.8 Å². The smallest absolute Gasteiger partial charge is 0.277 e. The molecule has 1 saturated carbocycles. The van der Waals surface area contributed by atoms with E-state index in [4.69, 9.17) is 0 Å². The van der Waals surface area contributed by atoms with Gasteiger partial charge >= 0.3 is 0 Å². The Morgan fingerprint density at radius 1 is 1.45 bits per heavy atom. The molecular weight excluding hydrogens is 256 g/mol. The van der Waals surface area contributed by atoms with Crippen LogP contribution in [0.2, 0.25) is 0 Å². The van der Waals surface area contributed by atoms with Gasteiger partial charge in [-0.25, -0.2) is 4.98 Å². The predicted octanol–water partition coefficient (Wildman–Crippen LogP) is 2.58. The highest BCUT2D eigenvalue weighted by atomic mass is 16.6. The van der Waals surface area contributed by atoms with E-state index < -0.39 is 0 Å². The lowest BCUT2D eigenvalue weighted by molar-refractivity contribution is -0.385. The van der Waals surface area contributed by atoms with Gasteiger partial charge in [0.1, 0.15) is 5.82 Å². The highest BCUT2D eigenvalue weighted by Gasteiger charge is 2.35.